The summed E-state index contributed by atoms with van der Waals surface area (Å²) in [5, 5.41) is 23.4. The van der Waals surface area contributed by atoms with Crippen LogP contribution in [0.3, 0.4) is 0 Å². The molecule has 1 rings (SSSR count). The molecule has 0 radical (unpaired) electrons. The van der Waals surface area contributed by atoms with Crippen LogP contribution < -0.4 is 5.32 Å². The number of hydrogen-bond donors (Lipinski definition) is 3. The van der Waals surface area contributed by atoms with Crippen LogP contribution in [0.5, 0.6) is 0 Å². The lowest BCUT2D eigenvalue weighted by Gasteiger charge is -2.11. The number of nitrogens with one attached hydrogen (secondary N) is 1. The quantitative estimate of drug-likeness (QED) is 0.654. The number of aliphatic hydroxyl groups excluding tert-OH is 1. The van der Waals surface area contributed by atoms with E-state index in [1.807, 2.05) is 0 Å². The minimum absolute atomic E-state index is 0.229. The fourth-order valence-corrected chi connectivity index (χ4v) is 1.37. The number of carbonyl (C=O) groups is 2. The van der Waals surface area contributed by atoms with Gasteiger partial charge in [-0.05, 0) is 13.3 Å². The summed E-state index contributed by atoms with van der Waals surface area (Å²) in [5.74, 6) is -1.59. The number of nitrogens with zero attached hydrogens (tertiary/aromatic N) is 1. The molecule has 1 aromatic rings. The van der Waals surface area contributed by atoms with Gasteiger partial charge in [-0.1, -0.05) is 12.1 Å². The zero-order chi connectivity index (χ0) is 13.0. The molecular weight excluding hydrogens is 228 g/mol. The lowest BCUT2D eigenvalue weighted by Crippen LogP contribution is -2.43. The van der Waals surface area contributed by atoms with Gasteiger partial charge in [-0.15, -0.1) is 0 Å². The Labute approximate surface area is 97.4 Å². The molecule has 0 aliphatic carbocycles. The van der Waals surface area contributed by atoms with Crippen LogP contribution in [-0.2, 0) is 11.2 Å². The number of rotatable bonds is 5. The molecule has 0 bridgehead atoms. The lowest BCUT2D eigenvalue weighted by atomic mass is 10.1. The molecule has 1 unspecified atom stereocenters. The van der Waals surface area contributed by atoms with Gasteiger partial charge in [0, 0.05) is 0 Å². The van der Waals surface area contributed by atoms with Crippen molar-refractivity contribution in [3.63, 3.8) is 0 Å². The Hall–Kier alpha value is -1.89. The maximum atomic E-state index is 11.8. The average Bonchev–Trinajstić information content (AvgIpc) is 2.66. The number of carbonyl (C=O) groups excluding carboxylic acids is 1. The van der Waals surface area contributed by atoms with E-state index >= 15 is 0 Å². The summed E-state index contributed by atoms with van der Waals surface area (Å²) in [4.78, 5) is 22.5. The van der Waals surface area contributed by atoms with E-state index in [0.717, 1.165) is 0 Å². The second kappa shape index (κ2) is 5.44. The number of aliphatic carboxylic acids is 1. The zero-order valence-electron chi connectivity index (χ0n) is 9.56. The highest BCUT2D eigenvalue weighted by molar-refractivity contribution is 5.98. The molecule has 0 saturated carbocycles. The summed E-state index contributed by atoms with van der Waals surface area (Å²) in [5.41, 5.74) is 0.689. The minimum atomic E-state index is -1.33. The van der Waals surface area contributed by atoms with Crippen molar-refractivity contribution in [1.82, 2.24) is 10.5 Å². The van der Waals surface area contributed by atoms with Gasteiger partial charge in [0.2, 0.25) is 0 Å². The van der Waals surface area contributed by atoms with Gasteiger partial charge in [0.05, 0.1) is 12.3 Å². The third-order valence-corrected chi connectivity index (χ3v) is 2.28. The molecule has 17 heavy (non-hydrogen) atoms. The van der Waals surface area contributed by atoms with Gasteiger partial charge in [0.15, 0.2) is 6.04 Å². The van der Waals surface area contributed by atoms with Crippen LogP contribution in [0.1, 0.15) is 28.7 Å². The topological polar surface area (TPSA) is 113 Å². The fourth-order valence-electron chi connectivity index (χ4n) is 1.37. The van der Waals surface area contributed by atoms with Gasteiger partial charge in [-0.2, -0.15) is 0 Å². The molecular formula is C10H14N2O5. The van der Waals surface area contributed by atoms with Crippen LogP contribution in [0.25, 0.3) is 0 Å². The molecule has 0 spiro atoms. The monoisotopic (exact) mass is 242 g/mol. The van der Waals surface area contributed by atoms with Gasteiger partial charge >= 0.3 is 5.97 Å². The standard InChI is InChI=1S/C10H14N2O5/c1-3-6-8(5(2)17-12-6)9(14)11-7(4-13)10(15)16/h7,13H,3-4H2,1-2H3,(H,11,14)(H,15,16). The second-order valence-corrected chi connectivity index (χ2v) is 3.46. The Bertz CT molecular complexity index is 426. The maximum Gasteiger partial charge on any atom is 0.328 e. The molecule has 1 aromatic heterocycles. The fraction of sp³-hybridized carbons (Fsp3) is 0.500. The number of aryl methyl sites for hydroxylation is 2. The molecule has 7 nitrogen and oxygen atoms in total. The van der Waals surface area contributed by atoms with Crippen molar-refractivity contribution in [2.24, 2.45) is 0 Å². The first-order valence-electron chi connectivity index (χ1n) is 5.10. The Morgan fingerprint density at radius 1 is 1.53 bits per heavy atom. The number of aromatic nitrogens is 1. The van der Waals surface area contributed by atoms with Crippen LogP contribution in [0.4, 0.5) is 0 Å². The molecule has 3 N–H and O–H groups in total. The molecule has 0 saturated heterocycles. The van der Waals surface area contributed by atoms with E-state index in [9.17, 15) is 9.59 Å². The molecule has 0 aromatic carbocycles. The van der Waals surface area contributed by atoms with Gasteiger partial charge in [0.1, 0.15) is 11.3 Å². The van der Waals surface area contributed by atoms with Crippen molar-refractivity contribution in [3.8, 4) is 0 Å². The highest BCUT2D eigenvalue weighted by atomic mass is 16.5. The Kier molecular flexibility index (Phi) is 4.22. The van der Waals surface area contributed by atoms with Crippen molar-refractivity contribution in [3.05, 3.63) is 17.0 Å². The van der Waals surface area contributed by atoms with E-state index in [-0.39, 0.29) is 5.56 Å². The van der Waals surface area contributed by atoms with E-state index in [4.69, 9.17) is 14.7 Å². The van der Waals surface area contributed by atoms with Crippen molar-refractivity contribution in [2.45, 2.75) is 26.3 Å². The predicted molar refractivity (Wildman–Crippen MR) is 56.6 cm³/mol. The highest BCUT2D eigenvalue weighted by Gasteiger charge is 2.24. The van der Waals surface area contributed by atoms with Crippen molar-refractivity contribution in [1.29, 1.82) is 0 Å². The molecule has 1 atom stereocenters. The third-order valence-electron chi connectivity index (χ3n) is 2.28. The molecule has 0 fully saturated rings. The molecule has 94 valence electrons. The molecule has 7 heteroatoms. The van der Waals surface area contributed by atoms with Crippen LogP contribution >= 0.6 is 0 Å². The normalized spacial score (nSPS) is 12.2. The highest BCUT2D eigenvalue weighted by Crippen LogP contribution is 2.13. The van der Waals surface area contributed by atoms with Gasteiger partial charge in [-0.3, -0.25) is 4.79 Å². The number of hydrogen-bond acceptors (Lipinski definition) is 5. The molecule has 0 aliphatic heterocycles. The van der Waals surface area contributed by atoms with Crippen LogP contribution in [0.15, 0.2) is 4.52 Å². The molecule has 1 heterocycles. The van der Waals surface area contributed by atoms with Crippen molar-refractivity contribution >= 4 is 11.9 Å². The zero-order valence-corrected chi connectivity index (χ0v) is 9.56. The first-order valence-corrected chi connectivity index (χ1v) is 5.10. The first-order chi connectivity index (χ1) is 8.01. The molecule has 1 amide bonds. The average molecular weight is 242 g/mol. The number of carboxylic acids is 1. The van der Waals surface area contributed by atoms with E-state index in [0.29, 0.717) is 17.9 Å². The van der Waals surface area contributed by atoms with Crippen LogP contribution in [0, 0.1) is 6.92 Å². The lowest BCUT2D eigenvalue weighted by molar-refractivity contribution is -0.140. The van der Waals surface area contributed by atoms with Crippen LogP contribution in [-0.4, -0.2) is 39.9 Å². The summed E-state index contributed by atoms with van der Waals surface area (Å²) in [6.45, 7) is 2.69. The summed E-state index contributed by atoms with van der Waals surface area (Å²) in [7, 11) is 0. The summed E-state index contributed by atoms with van der Waals surface area (Å²) >= 11 is 0. The third kappa shape index (κ3) is 2.82. The SMILES string of the molecule is CCc1noc(C)c1C(=O)NC(CO)C(=O)O. The van der Waals surface area contributed by atoms with E-state index in [2.05, 4.69) is 10.5 Å². The molecule has 0 aliphatic rings. The van der Waals surface area contributed by atoms with Gasteiger partial charge < -0.3 is 20.1 Å². The Balaban J connectivity index is 2.89. The summed E-state index contributed by atoms with van der Waals surface area (Å²) in [6, 6.07) is -1.33. The predicted octanol–water partition coefficient (Wildman–Crippen LogP) is -0.279. The number of amides is 1. The summed E-state index contributed by atoms with van der Waals surface area (Å²) in [6.07, 6.45) is 0.497. The Morgan fingerprint density at radius 3 is 2.65 bits per heavy atom. The van der Waals surface area contributed by atoms with Crippen LogP contribution in [0.2, 0.25) is 0 Å². The number of aliphatic hydroxyl groups is 1. The van der Waals surface area contributed by atoms with E-state index < -0.39 is 24.5 Å². The second-order valence-electron chi connectivity index (χ2n) is 3.46. The van der Waals surface area contributed by atoms with E-state index in [1.54, 1.807) is 13.8 Å². The minimum Gasteiger partial charge on any atom is -0.480 e. The largest absolute Gasteiger partial charge is 0.480 e. The van der Waals surface area contributed by atoms with Crippen molar-refractivity contribution < 1.29 is 24.3 Å². The maximum absolute atomic E-state index is 11.8. The smallest absolute Gasteiger partial charge is 0.328 e. The van der Waals surface area contributed by atoms with E-state index in [1.165, 1.54) is 0 Å². The van der Waals surface area contributed by atoms with Crippen molar-refractivity contribution in [2.75, 3.05) is 6.61 Å². The first kappa shape index (κ1) is 13.2. The number of carboxylic acid groups (broad SMARTS) is 1. The van der Waals surface area contributed by atoms with Gasteiger partial charge in [-0.25, -0.2) is 4.79 Å². The summed E-state index contributed by atoms with van der Waals surface area (Å²) < 4.78 is 4.86. The van der Waals surface area contributed by atoms with Gasteiger partial charge in [0.25, 0.3) is 5.91 Å². The Morgan fingerprint density at radius 2 is 2.18 bits per heavy atom.